The van der Waals surface area contributed by atoms with Crippen LogP contribution in [0.1, 0.15) is 22.9 Å². The number of sulfonamides is 1. The van der Waals surface area contributed by atoms with Gasteiger partial charge in [0.05, 0.1) is 17.9 Å². The minimum atomic E-state index is -3.63. The normalized spacial score (nSPS) is 11.9. The molecule has 7 nitrogen and oxygen atoms in total. The van der Waals surface area contributed by atoms with Crippen LogP contribution in [0.5, 0.6) is 0 Å². The van der Waals surface area contributed by atoms with Gasteiger partial charge in [0, 0.05) is 6.54 Å². The van der Waals surface area contributed by atoms with Crippen molar-refractivity contribution < 1.29 is 12.8 Å². The number of H-pyrrole nitrogens is 1. The van der Waals surface area contributed by atoms with Crippen molar-refractivity contribution in [2.75, 3.05) is 7.05 Å². The molecule has 0 spiro atoms. The van der Waals surface area contributed by atoms with Gasteiger partial charge in [-0.25, -0.2) is 13.1 Å². The lowest BCUT2D eigenvalue weighted by atomic mass is 10.4. The van der Waals surface area contributed by atoms with Crippen molar-refractivity contribution in [2.24, 2.45) is 0 Å². The Kier molecular flexibility index (Phi) is 4.26. The molecule has 0 atom stereocenters. The maximum Gasteiger partial charge on any atom is 0.244 e. The smallest absolute Gasteiger partial charge is 0.244 e. The highest BCUT2D eigenvalue weighted by Gasteiger charge is 2.23. The van der Waals surface area contributed by atoms with Crippen LogP contribution in [0.3, 0.4) is 0 Å². The summed E-state index contributed by atoms with van der Waals surface area (Å²) in [5.74, 6) is 1.32. The number of aromatic nitrogens is 2. The van der Waals surface area contributed by atoms with Gasteiger partial charge in [-0.1, -0.05) is 0 Å². The largest absolute Gasteiger partial charge is 0.465 e. The molecule has 2 heterocycles. The minimum Gasteiger partial charge on any atom is -0.465 e. The summed E-state index contributed by atoms with van der Waals surface area (Å²) in [6.07, 6.45) is 0. The van der Waals surface area contributed by atoms with Gasteiger partial charge in [0.15, 0.2) is 0 Å². The van der Waals surface area contributed by atoms with E-state index < -0.39 is 10.0 Å². The number of rotatable bonds is 6. The first kappa shape index (κ1) is 14.8. The number of nitrogens with zero attached hydrogens (tertiary/aromatic N) is 1. The van der Waals surface area contributed by atoms with Crippen LogP contribution < -0.4 is 10.0 Å². The highest BCUT2D eigenvalue weighted by atomic mass is 32.2. The van der Waals surface area contributed by atoms with E-state index >= 15 is 0 Å². The zero-order valence-electron chi connectivity index (χ0n) is 11.6. The van der Waals surface area contributed by atoms with Gasteiger partial charge in [-0.2, -0.15) is 5.10 Å². The van der Waals surface area contributed by atoms with Gasteiger partial charge in [0.2, 0.25) is 10.0 Å². The second-order valence-electron chi connectivity index (χ2n) is 4.49. The Morgan fingerprint density at radius 3 is 2.65 bits per heavy atom. The van der Waals surface area contributed by atoms with E-state index in [0.29, 0.717) is 23.7 Å². The SMILES string of the molecule is CNCc1n[nH]c(C)c1S(=O)(=O)NCc1ccc(C)o1. The first-order chi connectivity index (χ1) is 9.44. The van der Waals surface area contributed by atoms with Crippen molar-refractivity contribution in [3.63, 3.8) is 0 Å². The molecule has 2 rings (SSSR count). The third-order valence-corrected chi connectivity index (χ3v) is 4.41. The van der Waals surface area contributed by atoms with Crippen LogP contribution in [0.15, 0.2) is 21.4 Å². The van der Waals surface area contributed by atoms with Crippen molar-refractivity contribution >= 4 is 10.0 Å². The fraction of sp³-hybridized carbons (Fsp3) is 0.417. The number of hydrogen-bond acceptors (Lipinski definition) is 5. The molecule has 3 N–H and O–H groups in total. The van der Waals surface area contributed by atoms with Gasteiger partial charge in [-0.05, 0) is 33.0 Å². The number of furan rings is 1. The third kappa shape index (κ3) is 3.09. The molecule has 0 saturated carbocycles. The predicted octanol–water partition coefficient (Wildman–Crippen LogP) is 0.817. The molecule has 0 aliphatic carbocycles. The van der Waals surface area contributed by atoms with E-state index in [9.17, 15) is 8.42 Å². The van der Waals surface area contributed by atoms with Crippen LogP contribution in [0.25, 0.3) is 0 Å². The van der Waals surface area contributed by atoms with Gasteiger partial charge in [0.1, 0.15) is 16.4 Å². The Hall–Kier alpha value is -1.64. The van der Waals surface area contributed by atoms with Gasteiger partial charge < -0.3 is 9.73 Å². The average molecular weight is 298 g/mol. The zero-order valence-corrected chi connectivity index (χ0v) is 12.5. The maximum absolute atomic E-state index is 12.3. The lowest BCUT2D eigenvalue weighted by Crippen LogP contribution is -2.25. The molecule has 2 aromatic heterocycles. The van der Waals surface area contributed by atoms with Crippen LogP contribution in [0, 0.1) is 13.8 Å². The molecule has 0 aliphatic rings. The molecule has 0 aromatic carbocycles. The van der Waals surface area contributed by atoms with Crippen molar-refractivity contribution in [3.8, 4) is 0 Å². The van der Waals surface area contributed by atoms with Crippen LogP contribution in [-0.4, -0.2) is 25.7 Å². The standard InChI is InChI=1S/C12H18N4O3S/c1-8-4-5-10(19-8)6-14-20(17,18)12-9(2)15-16-11(12)7-13-3/h4-5,13-14H,6-7H2,1-3H3,(H,15,16). The molecule has 0 radical (unpaired) electrons. The van der Waals surface area contributed by atoms with E-state index in [1.165, 1.54) is 0 Å². The van der Waals surface area contributed by atoms with Crippen LogP contribution >= 0.6 is 0 Å². The highest BCUT2D eigenvalue weighted by Crippen LogP contribution is 2.18. The number of aryl methyl sites for hydroxylation is 2. The molecule has 0 amide bonds. The summed E-state index contributed by atoms with van der Waals surface area (Å²) in [6, 6.07) is 3.54. The second-order valence-corrected chi connectivity index (χ2v) is 6.20. The zero-order chi connectivity index (χ0) is 14.8. The van der Waals surface area contributed by atoms with Gasteiger partial charge in [-0.15, -0.1) is 0 Å². The number of aromatic amines is 1. The average Bonchev–Trinajstić information content (AvgIpc) is 2.95. The molecule has 20 heavy (non-hydrogen) atoms. The third-order valence-electron chi connectivity index (χ3n) is 2.81. The predicted molar refractivity (Wildman–Crippen MR) is 73.6 cm³/mol. The van der Waals surface area contributed by atoms with E-state index in [4.69, 9.17) is 4.42 Å². The summed E-state index contributed by atoms with van der Waals surface area (Å²) in [5, 5.41) is 9.59. The van der Waals surface area contributed by atoms with Gasteiger partial charge in [0.25, 0.3) is 0 Å². The van der Waals surface area contributed by atoms with Crippen LogP contribution in [0.2, 0.25) is 0 Å². The van der Waals surface area contributed by atoms with E-state index in [1.54, 1.807) is 26.1 Å². The summed E-state index contributed by atoms with van der Waals surface area (Å²) in [4.78, 5) is 0.190. The summed E-state index contributed by atoms with van der Waals surface area (Å²) in [6.45, 7) is 3.97. The van der Waals surface area contributed by atoms with E-state index in [1.807, 2.05) is 6.92 Å². The van der Waals surface area contributed by atoms with Crippen LogP contribution in [0.4, 0.5) is 0 Å². The second kappa shape index (κ2) is 5.78. The van der Waals surface area contributed by atoms with E-state index in [-0.39, 0.29) is 11.4 Å². The number of nitrogens with one attached hydrogen (secondary N) is 3. The van der Waals surface area contributed by atoms with Gasteiger partial charge >= 0.3 is 0 Å². The molecule has 0 aliphatic heterocycles. The molecule has 110 valence electrons. The molecular weight excluding hydrogens is 280 g/mol. The molecular formula is C12H18N4O3S. The monoisotopic (exact) mass is 298 g/mol. The molecule has 8 heteroatoms. The van der Waals surface area contributed by atoms with E-state index in [2.05, 4.69) is 20.2 Å². The van der Waals surface area contributed by atoms with Crippen molar-refractivity contribution in [1.82, 2.24) is 20.2 Å². The first-order valence-corrected chi connectivity index (χ1v) is 7.66. The summed E-state index contributed by atoms with van der Waals surface area (Å²) in [7, 11) is -1.90. The Bertz CT molecular complexity index is 687. The minimum absolute atomic E-state index is 0.111. The summed E-state index contributed by atoms with van der Waals surface area (Å²) in [5.41, 5.74) is 0.978. The lowest BCUT2D eigenvalue weighted by molar-refractivity contribution is 0.475. The Balaban J connectivity index is 2.20. The van der Waals surface area contributed by atoms with Crippen molar-refractivity contribution in [2.45, 2.75) is 31.8 Å². The van der Waals surface area contributed by atoms with E-state index in [0.717, 1.165) is 5.76 Å². The Morgan fingerprint density at radius 2 is 2.05 bits per heavy atom. The highest BCUT2D eigenvalue weighted by molar-refractivity contribution is 7.89. The quantitative estimate of drug-likeness (QED) is 0.733. The molecule has 2 aromatic rings. The van der Waals surface area contributed by atoms with Crippen molar-refractivity contribution in [1.29, 1.82) is 0 Å². The van der Waals surface area contributed by atoms with Gasteiger partial charge in [-0.3, -0.25) is 5.10 Å². The summed E-state index contributed by atoms with van der Waals surface area (Å²) < 4.78 is 32.6. The molecule has 0 saturated heterocycles. The fourth-order valence-corrected chi connectivity index (χ4v) is 3.29. The maximum atomic E-state index is 12.3. The number of hydrogen-bond donors (Lipinski definition) is 3. The van der Waals surface area contributed by atoms with Crippen molar-refractivity contribution in [3.05, 3.63) is 35.0 Å². The fourth-order valence-electron chi connectivity index (χ4n) is 1.93. The molecule has 0 fully saturated rings. The lowest BCUT2D eigenvalue weighted by Gasteiger charge is -2.06. The van der Waals surface area contributed by atoms with Crippen LogP contribution in [-0.2, 0) is 23.1 Å². The Labute approximate surface area is 117 Å². The summed E-state index contributed by atoms with van der Waals surface area (Å²) >= 11 is 0. The molecule has 0 bridgehead atoms. The topological polar surface area (TPSA) is 100 Å². The Morgan fingerprint density at radius 1 is 1.30 bits per heavy atom. The first-order valence-electron chi connectivity index (χ1n) is 6.17. The molecule has 0 unspecified atom stereocenters.